The molecular formula is C18H17BrO5. The van der Waals surface area contributed by atoms with Gasteiger partial charge in [0.1, 0.15) is 11.5 Å². The van der Waals surface area contributed by atoms with Gasteiger partial charge in [-0.2, -0.15) is 0 Å². The molecule has 0 N–H and O–H groups in total. The number of esters is 1. The van der Waals surface area contributed by atoms with Crippen LogP contribution in [0.25, 0.3) is 0 Å². The van der Waals surface area contributed by atoms with Gasteiger partial charge in [0.15, 0.2) is 12.7 Å². The SMILES string of the molecule is COc1ccccc1C(=O)COC(=O)[C@H](C)Oc1ccc(Br)cc1. The van der Waals surface area contributed by atoms with Gasteiger partial charge in [0.2, 0.25) is 5.78 Å². The molecule has 0 aliphatic heterocycles. The van der Waals surface area contributed by atoms with Gasteiger partial charge in [-0.05, 0) is 43.3 Å². The summed E-state index contributed by atoms with van der Waals surface area (Å²) in [6, 6.07) is 13.8. The Bertz CT molecular complexity index is 712. The highest BCUT2D eigenvalue weighted by atomic mass is 79.9. The van der Waals surface area contributed by atoms with E-state index in [0.29, 0.717) is 17.1 Å². The van der Waals surface area contributed by atoms with Gasteiger partial charge in [-0.1, -0.05) is 28.1 Å². The maximum atomic E-state index is 12.1. The van der Waals surface area contributed by atoms with Gasteiger partial charge in [0.25, 0.3) is 0 Å². The Morgan fingerprint density at radius 3 is 2.42 bits per heavy atom. The van der Waals surface area contributed by atoms with Crippen molar-refractivity contribution in [1.82, 2.24) is 0 Å². The number of carbonyl (C=O) groups excluding carboxylic acids is 2. The lowest BCUT2D eigenvalue weighted by atomic mass is 10.1. The van der Waals surface area contributed by atoms with Gasteiger partial charge in [0, 0.05) is 4.47 Å². The van der Waals surface area contributed by atoms with E-state index >= 15 is 0 Å². The summed E-state index contributed by atoms with van der Waals surface area (Å²) < 4.78 is 16.5. The molecule has 2 aromatic carbocycles. The molecule has 0 bridgehead atoms. The fraction of sp³-hybridized carbons (Fsp3) is 0.222. The number of ketones is 1. The molecule has 0 aliphatic rings. The van der Waals surface area contributed by atoms with Crippen molar-refractivity contribution in [3.05, 3.63) is 58.6 Å². The van der Waals surface area contributed by atoms with Crippen molar-refractivity contribution in [3.63, 3.8) is 0 Å². The van der Waals surface area contributed by atoms with Gasteiger partial charge in [-0.3, -0.25) is 4.79 Å². The van der Waals surface area contributed by atoms with Crippen LogP contribution in [0.3, 0.4) is 0 Å². The topological polar surface area (TPSA) is 61.8 Å². The van der Waals surface area contributed by atoms with Gasteiger partial charge in [0.05, 0.1) is 12.7 Å². The van der Waals surface area contributed by atoms with E-state index < -0.39 is 12.1 Å². The summed E-state index contributed by atoms with van der Waals surface area (Å²) in [5.74, 6) is 0.0363. The zero-order chi connectivity index (χ0) is 17.5. The fourth-order valence-electron chi connectivity index (χ4n) is 1.97. The normalized spacial score (nSPS) is 11.5. The first kappa shape index (κ1) is 18.0. The predicted octanol–water partition coefficient (Wildman–Crippen LogP) is 3.65. The number of hydrogen-bond donors (Lipinski definition) is 0. The van der Waals surface area contributed by atoms with E-state index in [4.69, 9.17) is 14.2 Å². The number of carbonyl (C=O) groups is 2. The molecular weight excluding hydrogens is 376 g/mol. The van der Waals surface area contributed by atoms with Crippen molar-refractivity contribution < 1.29 is 23.8 Å². The molecule has 1 atom stereocenters. The van der Waals surface area contributed by atoms with E-state index in [1.54, 1.807) is 55.5 Å². The highest BCUT2D eigenvalue weighted by Crippen LogP contribution is 2.19. The quantitative estimate of drug-likeness (QED) is 0.531. The second-order valence-corrected chi connectivity index (χ2v) is 5.86. The molecule has 2 aromatic rings. The van der Waals surface area contributed by atoms with E-state index in [9.17, 15) is 9.59 Å². The van der Waals surface area contributed by atoms with Gasteiger partial charge < -0.3 is 14.2 Å². The Balaban J connectivity index is 1.90. The molecule has 126 valence electrons. The smallest absolute Gasteiger partial charge is 0.347 e. The van der Waals surface area contributed by atoms with Crippen molar-refractivity contribution in [3.8, 4) is 11.5 Å². The molecule has 0 saturated carbocycles. The third kappa shape index (κ3) is 4.83. The number of rotatable bonds is 7. The molecule has 0 aliphatic carbocycles. The Morgan fingerprint density at radius 2 is 1.75 bits per heavy atom. The average Bonchev–Trinajstić information content (AvgIpc) is 2.61. The molecule has 0 unspecified atom stereocenters. The van der Waals surface area contributed by atoms with Crippen LogP contribution in [0.1, 0.15) is 17.3 Å². The van der Waals surface area contributed by atoms with Crippen LogP contribution < -0.4 is 9.47 Å². The number of halogens is 1. The lowest BCUT2D eigenvalue weighted by Gasteiger charge is -2.14. The summed E-state index contributed by atoms with van der Waals surface area (Å²) >= 11 is 3.32. The highest BCUT2D eigenvalue weighted by Gasteiger charge is 2.19. The largest absolute Gasteiger partial charge is 0.496 e. The second kappa shape index (κ2) is 8.49. The summed E-state index contributed by atoms with van der Waals surface area (Å²) in [5, 5.41) is 0. The van der Waals surface area contributed by atoms with Gasteiger partial charge >= 0.3 is 5.97 Å². The third-order valence-corrected chi connectivity index (χ3v) is 3.74. The fourth-order valence-corrected chi connectivity index (χ4v) is 2.24. The first-order valence-corrected chi connectivity index (χ1v) is 8.05. The zero-order valence-corrected chi connectivity index (χ0v) is 14.9. The molecule has 0 spiro atoms. The Morgan fingerprint density at radius 1 is 1.08 bits per heavy atom. The van der Waals surface area contributed by atoms with Crippen LogP contribution in [0.2, 0.25) is 0 Å². The Kier molecular flexibility index (Phi) is 6.37. The summed E-state index contributed by atoms with van der Waals surface area (Å²) in [6.07, 6.45) is -0.823. The molecule has 24 heavy (non-hydrogen) atoms. The highest BCUT2D eigenvalue weighted by molar-refractivity contribution is 9.10. The maximum absolute atomic E-state index is 12.1. The van der Waals surface area contributed by atoms with E-state index in [2.05, 4.69) is 15.9 Å². The molecule has 6 heteroatoms. The minimum atomic E-state index is -0.823. The van der Waals surface area contributed by atoms with E-state index in [1.807, 2.05) is 0 Å². The maximum Gasteiger partial charge on any atom is 0.347 e. The molecule has 0 heterocycles. The van der Waals surface area contributed by atoms with E-state index in [0.717, 1.165) is 4.47 Å². The van der Waals surface area contributed by atoms with Gasteiger partial charge in [-0.25, -0.2) is 4.79 Å². The van der Waals surface area contributed by atoms with Crippen molar-refractivity contribution in [1.29, 1.82) is 0 Å². The molecule has 2 rings (SSSR count). The van der Waals surface area contributed by atoms with Crippen LogP contribution in [0.15, 0.2) is 53.0 Å². The van der Waals surface area contributed by atoms with Crippen LogP contribution in [0.4, 0.5) is 0 Å². The molecule has 0 fully saturated rings. The minimum absolute atomic E-state index is 0.336. The number of para-hydroxylation sites is 1. The second-order valence-electron chi connectivity index (χ2n) is 4.95. The summed E-state index contributed by atoms with van der Waals surface area (Å²) in [5.41, 5.74) is 0.370. The summed E-state index contributed by atoms with van der Waals surface area (Å²) in [6.45, 7) is 1.20. The average molecular weight is 393 g/mol. The van der Waals surface area contributed by atoms with Crippen molar-refractivity contribution in [2.24, 2.45) is 0 Å². The van der Waals surface area contributed by atoms with Crippen LogP contribution in [-0.4, -0.2) is 31.6 Å². The number of ether oxygens (including phenoxy) is 3. The van der Waals surface area contributed by atoms with Crippen LogP contribution in [-0.2, 0) is 9.53 Å². The Hall–Kier alpha value is -2.34. The lowest BCUT2D eigenvalue weighted by molar-refractivity contribution is -0.149. The van der Waals surface area contributed by atoms with Gasteiger partial charge in [-0.15, -0.1) is 0 Å². The Labute approximate surface area is 148 Å². The number of Topliss-reactive ketones (excluding diaryl/α,β-unsaturated/α-hetero) is 1. The third-order valence-electron chi connectivity index (χ3n) is 3.21. The first-order chi connectivity index (χ1) is 11.5. The number of hydrogen-bond acceptors (Lipinski definition) is 5. The molecule has 0 aromatic heterocycles. The van der Waals surface area contributed by atoms with Crippen molar-refractivity contribution >= 4 is 27.7 Å². The predicted molar refractivity (Wildman–Crippen MR) is 92.5 cm³/mol. The van der Waals surface area contributed by atoms with Crippen LogP contribution in [0.5, 0.6) is 11.5 Å². The zero-order valence-electron chi connectivity index (χ0n) is 13.3. The standard InChI is InChI=1S/C18H17BrO5/c1-12(24-14-9-7-13(19)8-10-14)18(21)23-11-16(20)15-5-3-4-6-17(15)22-2/h3-10,12H,11H2,1-2H3/t12-/m0/s1. The summed E-state index contributed by atoms with van der Waals surface area (Å²) in [4.78, 5) is 24.1. The molecule has 0 radical (unpaired) electrons. The van der Waals surface area contributed by atoms with E-state index in [-0.39, 0.29) is 12.4 Å². The van der Waals surface area contributed by atoms with Crippen molar-refractivity contribution in [2.75, 3.05) is 13.7 Å². The molecule has 0 saturated heterocycles. The first-order valence-electron chi connectivity index (χ1n) is 7.26. The lowest BCUT2D eigenvalue weighted by Crippen LogP contribution is -2.28. The minimum Gasteiger partial charge on any atom is -0.496 e. The number of benzene rings is 2. The van der Waals surface area contributed by atoms with Crippen LogP contribution in [0, 0.1) is 0 Å². The summed E-state index contributed by atoms with van der Waals surface area (Å²) in [7, 11) is 1.48. The van der Waals surface area contributed by atoms with E-state index in [1.165, 1.54) is 7.11 Å². The van der Waals surface area contributed by atoms with Crippen LogP contribution >= 0.6 is 15.9 Å². The molecule has 5 nitrogen and oxygen atoms in total. The molecule has 0 amide bonds. The monoisotopic (exact) mass is 392 g/mol. The van der Waals surface area contributed by atoms with Crippen molar-refractivity contribution in [2.45, 2.75) is 13.0 Å². The number of methoxy groups -OCH3 is 1.